The first kappa shape index (κ1) is 18.2. The van der Waals surface area contributed by atoms with Crippen LogP contribution in [0.2, 0.25) is 0 Å². The van der Waals surface area contributed by atoms with Crippen molar-refractivity contribution in [2.75, 3.05) is 33.4 Å². The number of likely N-dealkylation sites (tertiary alicyclic amines) is 1. The minimum absolute atomic E-state index is 0.0402. The lowest BCUT2D eigenvalue weighted by molar-refractivity contribution is -0.121. The Kier molecular flexibility index (Phi) is 6.32. The van der Waals surface area contributed by atoms with E-state index in [1.807, 2.05) is 30.3 Å². The van der Waals surface area contributed by atoms with Gasteiger partial charge in [-0.1, -0.05) is 18.2 Å². The molecule has 1 saturated carbocycles. The highest BCUT2D eigenvalue weighted by molar-refractivity contribution is 5.73. The first-order valence-corrected chi connectivity index (χ1v) is 9.36. The summed E-state index contributed by atoms with van der Waals surface area (Å²) in [5, 5.41) is 3.08. The Morgan fingerprint density at radius 2 is 1.92 bits per heavy atom. The smallest absolute Gasteiger partial charge is 0.217 e. The van der Waals surface area contributed by atoms with Crippen LogP contribution in [0.5, 0.6) is 5.75 Å². The molecule has 1 amide bonds. The van der Waals surface area contributed by atoms with Gasteiger partial charge in [0.1, 0.15) is 5.75 Å². The first-order valence-electron chi connectivity index (χ1n) is 9.36. The molecule has 25 heavy (non-hydrogen) atoms. The molecule has 2 aliphatic rings. The second-order valence-electron chi connectivity index (χ2n) is 7.35. The molecule has 5 nitrogen and oxygen atoms in total. The molecule has 2 fully saturated rings. The van der Waals surface area contributed by atoms with Gasteiger partial charge in [0.25, 0.3) is 0 Å². The molecule has 5 heteroatoms. The number of ether oxygens (including phenoxy) is 2. The summed E-state index contributed by atoms with van der Waals surface area (Å²) < 4.78 is 11.4. The van der Waals surface area contributed by atoms with Crippen LogP contribution in [0, 0.1) is 11.8 Å². The zero-order chi connectivity index (χ0) is 17.6. The lowest BCUT2D eigenvalue weighted by Crippen LogP contribution is -2.49. The van der Waals surface area contributed by atoms with Gasteiger partial charge in [-0.15, -0.1) is 0 Å². The minimum atomic E-state index is 0.0402. The van der Waals surface area contributed by atoms with Crippen LogP contribution in [0.15, 0.2) is 30.3 Å². The van der Waals surface area contributed by atoms with Crippen molar-refractivity contribution in [3.63, 3.8) is 0 Å². The van der Waals surface area contributed by atoms with Crippen LogP contribution in [0.4, 0.5) is 0 Å². The van der Waals surface area contributed by atoms with Gasteiger partial charge in [-0.25, -0.2) is 0 Å². The van der Waals surface area contributed by atoms with Crippen molar-refractivity contribution in [2.24, 2.45) is 11.8 Å². The maximum absolute atomic E-state index is 11.4. The highest BCUT2D eigenvalue weighted by atomic mass is 16.5. The molecular weight excluding hydrogens is 316 g/mol. The predicted octanol–water partition coefficient (Wildman–Crippen LogP) is 2.32. The van der Waals surface area contributed by atoms with E-state index in [4.69, 9.17) is 9.47 Å². The molecular formula is C20H30N2O3. The number of amides is 1. The Hall–Kier alpha value is -1.59. The van der Waals surface area contributed by atoms with E-state index >= 15 is 0 Å². The molecule has 0 radical (unpaired) electrons. The molecule has 3 rings (SSSR count). The van der Waals surface area contributed by atoms with E-state index in [0.29, 0.717) is 11.8 Å². The molecule has 1 N–H and O–H groups in total. The number of benzene rings is 1. The number of fused-ring (bicyclic) bond motifs is 1. The van der Waals surface area contributed by atoms with Gasteiger partial charge in [-0.05, 0) is 43.2 Å². The van der Waals surface area contributed by atoms with Gasteiger partial charge in [0.05, 0.1) is 18.8 Å². The maximum atomic E-state index is 11.4. The zero-order valence-corrected chi connectivity index (χ0v) is 15.3. The number of hydrogen-bond acceptors (Lipinski definition) is 4. The molecule has 0 aromatic heterocycles. The lowest BCUT2D eigenvalue weighted by Gasteiger charge is -2.37. The summed E-state index contributed by atoms with van der Waals surface area (Å²) in [6.07, 6.45) is 3.26. The van der Waals surface area contributed by atoms with Crippen molar-refractivity contribution in [2.45, 2.75) is 38.3 Å². The number of hydrogen-bond donors (Lipinski definition) is 1. The van der Waals surface area contributed by atoms with Crippen molar-refractivity contribution in [3.8, 4) is 5.75 Å². The quantitative estimate of drug-likeness (QED) is 0.770. The monoisotopic (exact) mass is 346 g/mol. The fourth-order valence-corrected chi connectivity index (χ4v) is 4.36. The van der Waals surface area contributed by atoms with E-state index in [-0.39, 0.29) is 18.1 Å². The summed E-state index contributed by atoms with van der Waals surface area (Å²) in [5.74, 6) is 2.33. The molecule has 0 bridgehead atoms. The van der Waals surface area contributed by atoms with Crippen LogP contribution in [0.1, 0.15) is 26.2 Å². The van der Waals surface area contributed by atoms with Gasteiger partial charge < -0.3 is 19.7 Å². The van der Waals surface area contributed by atoms with Crippen LogP contribution in [0.25, 0.3) is 0 Å². The predicted molar refractivity (Wildman–Crippen MR) is 97.6 cm³/mol. The first-order chi connectivity index (χ1) is 12.2. The highest BCUT2D eigenvalue weighted by Gasteiger charge is 2.42. The molecule has 1 aliphatic carbocycles. The van der Waals surface area contributed by atoms with Gasteiger partial charge in [0, 0.05) is 33.7 Å². The Bertz CT molecular complexity index is 551. The lowest BCUT2D eigenvalue weighted by atomic mass is 9.77. The Balaban J connectivity index is 1.42. The number of nitrogens with zero attached hydrogens (tertiary/aromatic N) is 1. The van der Waals surface area contributed by atoms with Crippen molar-refractivity contribution in [1.29, 1.82) is 0 Å². The summed E-state index contributed by atoms with van der Waals surface area (Å²) in [7, 11) is 1.76. The second kappa shape index (κ2) is 8.68. The van der Waals surface area contributed by atoms with Gasteiger partial charge in [0.15, 0.2) is 0 Å². The number of carbonyl (C=O) groups excluding carboxylic acids is 1. The van der Waals surface area contributed by atoms with Crippen molar-refractivity contribution >= 4 is 5.91 Å². The van der Waals surface area contributed by atoms with E-state index in [0.717, 1.165) is 51.3 Å². The van der Waals surface area contributed by atoms with E-state index in [2.05, 4.69) is 10.2 Å². The molecule has 0 spiro atoms. The van der Waals surface area contributed by atoms with Gasteiger partial charge in [-0.2, -0.15) is 0 Å². The fourth-order valence-electron chi connectivity index (χ4n) is 4.36. The third kappa shape index (κ3) is 4.95. The van der Waals surface area contributed by atoms with Crippen LogP contribution in [-0.2, 0) is 9.53 Å². The van der Waals surface area contributed by atoms with Crippen molar-refractivity contribution < 1.29 is 14.3 Å². The molecule has 138 valence electrons. The van der Waals surface area contributed by atoms with E-state index in [1.165, 1.54) is 0 Å². The summed E-state index contributed by atoms with van der Waals surface area (Å²) in [5.41, 5.74) is 0. The number of nitrogens with one attached hydrogen (secondary N) is 1. The Morgan fingerprint density at radius 3 is 2.60 bits per heavy atom. The minimum Gasteiger partial charge on any atom is -0.494 e. The standard InChI is InChI=1S/C20H30N2O3/c1-15(23)21-19-11-16-13-22(14-17(16)12-20(19)24-2)9-6-10-25-18-7-4-3-5-8-18/h3-5,7-8,16-17,19-20H,6,9-14H2,1-2H3,(H,21,23)/t16-,17+,19-,20-/m1/s1. The number of carbonyl (C=O) groups is 1. The van der Waals surface area contributed by atoms with Crippen LogP contribution in [0.3, 0.4) is 0 Å². The highest BCUT2D eigenvalue weighted by Crippen LogP contribution is 2.37. The molecule has 1 aromatic carbocycles. The normalized spacial score (nSPS) is 29.2. The van der Waals surface area contributed by atoms with Crippen molar-refractivity contribution in [1.82, 2.24) is 10.2 Å². The third-order valence-electron chi connectivity index (χ3n) is 5.51. The Morgan fingerprint density at radius 1 is 1.20 bits per heavy atom. The van der Waals surface area contributed by atoms with Crippen molar-refractivity contribution in [3.05, 3.63) is 30.3 Å². The molecule has 1 aliphatic heterocycles. The summed E-state index contributed by atoms with van der Waals surface area (Å²) in [6, 6.07) is 10.1. The third-order valence-corrected chi connectivity index (χ3v) is 5.51. The van der Waals surface area contributed by atoms with Gasteiger partial charge in [0.2, 0.25) is 5.91 Å². The molecule has 1 saturated heterocycles. The Labute approximate surface area is 150 Å². The van der Waals surface area contributed by atoms with Gasteiger partial charge >= 0.3 is 0 Å². The number of para-hydroxylation sites is 1. The summed E-state index contributed by atoms with van der Waals surface area (Å²) in [4.78, 5) is 14.0. The number of rotatable bonds is 7. The van der Waals surface area contributed by atoms with Gasteiger partial charge in [-0.3, -0.25) is 4.79 Å². The topological polar surface area (TPSA) is 50.8 Å². The molecule has 4 atom stereocenters. The average Bonchev–Trinajstić information content (AvgIpc) is 3.00. The molecule has 0 unspecified atom stereocenters. The van der Waals surface area contributed by atoms with E-state index in [9.17, 15) is 4.79 Å². The van der Waals surface area contributed by atoms with E-state index < -0.39 is 0 Å². The fraction of sp³-hybridized carbons (Fsp3) is 0.650. The van der Waals surface area contributed by atoms with Crippen LogP contribution in [-0.4, -0.2) is 56.3 Å². The van der Waals surface area contributed by atoms with Crippen LogP contribution < -0.4 is 10.1 Å². The maximum Gasteiger partial charge on any atom is 0.217 e. The molecule has 1 heterocycles. The average molecular weight is 346 g/mol. The number of methoxy groups -OCH3 is 1. The SMILES string of the molecule is CO[C@@H]1C[C@H]2CN(CCCOc3ccccc3)C[C@H]2C[C@H]1NC(C)=O. The largest absolute Gasteiger partial charge is 0.494 e. The van der Waals surface area contributed by atoms with Crippen LogP contribution >= 0.6 is 0 Å². The second-order valence-corrected chi connectivity index (χ2v) is 7.35. The molecule has 1 aromatic rings. The van der Waals surface area contributed by atoms with E-state index in [1.54, 1.807) is 14.0 Å². The summed E-state index contributed by atoms with van der Waals surface area (Å²) >= 11 is 0. The zero-order valence-electron chi connectivity index (χ0n) is 15.3. The summed E-state index contributed by atoms with van der Waals surface area (Å²) in [6.45, 7) is 5.69.